The fourth-order valence-electron chi connectivity index (χ4n) is 3.25. The summed E-state index contributed by atoms with van der Waals surface area (Å²) < 4.78 is 10.8. The van der Waals surface area contributed by atoms with Crippen LogP contribution >= 0.6 is 0 Å². The van der Waals surface area contributed by atoms with E-state index in [1.165, 1.54) is 11.1 Å². The third kappa shape index (κ3) is 5.42. The molecular weight excluding hydrogens is 354 g/mol. The Morgan fingerprint density at radius 2 is 2.07 bits per heavy atom. The topological polar surface area (TPSA) is 75.8 Å². The van der Waals surface area contributed by atoms with E-state index in [4.69, 9.17) is 9.26 Å². The van der Waals surface area contributed by atoms with Crippen LogP contribution in [-0.2, 0) is 11.3 Å². The monoisotopic (exact) mass is 383 g/mol. The van der Waals surface area contributed by atoms with Crippen LogP contribution < -0.4 is 5.32 Å². The lowest BCUT2D eigenvalue weighted by atomic mass is 10.0. The lowest BCUT2D eigenvalue weighted by molar-refractivity contribution is 0.0683. The van der Waals surface area contributed by atoms with E-state index >= 15 is 0 Å². The van der Waals surface area contributed by atoms with Crippen molar-refractivity contribution >= 4 is 12.0 Å². The highest BCUT2D eigenvalue weighted by atomic mass is 16.5. The number of rotatable bonds is 6. The van der Waals surface area contributed by atoms with Gasteiger partial charge in [0, 0.05) is 26.7 Å². The number of likely N-dealkylation sites (tertiary alicyclic amines) is 1. The molecule has 0 amide bonds. The molecule has 2 aromatic rings. The van der Waals surface area contributed by atoms with E-state index in [9.17, 15) is 0 Å². The predicted octanol–water partition coefficient (Wildman–Crippen LogP) is 3.42. The number of aliphatic imine (C=N–C) groups is 1. The van der Waals surface area contributed by atoms with E-state index in [1.54, 1.807) is 7.05 Å². The van der Waals surface area contributed by atoms with E-state index in [0.29, 0.717) is 24.9 Å². The van der Waals surface area contributed by atoms with Crippen molar-refractivity contribution in [1.82, 2.24) is 20.4 Å². The maximum Gasteiger partial charge on any atom is 0.246 e. The Bertz CT molecular complexity index is 790. The minimum atomic E-state index is -0.168. The van der Waals surface area contributed by atoms with Crippen LogP contribution in [0.25, 0.3) is 6.08 Å². The van der Waals surface area contributed by atoms with E-state index in [2.05, 4.69) is 55.7 Å². The molecule has 150 valence electrons. The molecule has 1 saturated heterocycles. The molecule has 1 aromatic heterocycles. The second-order valence-electron chi connectivity index (χ2n) is 6.74. The number of guanidine groups is 1. The van der Waals surface area contributed by atoms with Gasteiger partial charge in [-0.1, -0.05) is 47.1 Å². The van der Waals surface area contributed by atoms with Gasteiger partial charge in [-0.05, 0) is 32.3 Å². The summed E-state index contributed by atoms with van der Waals surface area (Å²) in [5.41, 5.74) is 2.74. The highest BCUT2D eigenvalue weighted by Gasteiger charge is 2.18. The first-order valence-corrected chi connectivity index (χ1v) is 9.83. The molecule has 7 heteroatoms. The second kappa shape index (κ2) is 10.0. The van der Waals surface area contributed by atoms with Gasteiger partial charge in [0.1, 0.15) is 6.10 Å². The Morgan fingerprint density at radius 1 is 1.32 bits per heavy atom. The van der Waals surface area contributed by atoms with Crippen molar-refractivity contribution < 1.29 is 9.26 Å². The van der Waals surface area contributed by atoms with Crippen molar-refractivity contribution in [2.75, 3.05) is 26.7 Å². The van der Waals surface area contributed by atoms with Crippen molar-refractivity contribution in [1.29, 1.82) is 0 Å². The molecule has 28 heavy (non-hydrogen) atoms. The Labute approximate surface area is 166 Å². The standard InChI is InChI=1S/C21H29N5O2/c1-4-27-16(2)20-24-19(28-25-20)15-23-21(22-3)26-12-10-18(11-13-26)14-17-8-6-5-7-9-17/h5-9,14,16H,4,10-13,15H2,1-3H3,(H,22,23). The zero-order valence-electron chi connectivity index (χ0n) is 16.9. The van der Waals surface area contributed by atoms with Crippen molar-refractivity contribution in [3.8, 4) is 0 Å². The number of aromatic nitrogens is 2. The van der Waals surface area contributed by atoms with Crippen LogP contribution in [0.2, 0.25) is 0 Å². The zero-order valence-corrected chi connectivity index (χ0v) is 16.9. The number of hydrogen-bond acceptors (Lipinski definition) is 5. The lowest BCUT2D eigenvalue weighted by Crippen LogP contribution is -2.44. The molecule has 0 bridgehead atoms. The van der Waals surface area contributed by atoms with Crippen LogP contribution in [-0.4, -0.2) is 47.7 Å². The van der Waals surface area contributed by atoms with Gasteiger partial charge in [0.05, 0.1) is 6.54 Å². The number of benzene rings is 1. The van der Waals surface area contributed by atoms with Crippen molar-refractivity contribution in [2.45, 2.75) is 39.3 Å². The number of ether oxygens (including phenoxy) is 1. The Balaban J connectivity index is 1.51. The summed E-state index contributed by atoms with van der Waals surface area (Å²) in [5, 5.41) is 7.31. The van der Waals surface area contributed by atoms with Crippen LogP contribution in [0.3, 0.4) is 0 Å². The highest BCUT2D eigenvalue weighted by Crippen LogP contribution is 2.19. The fourth-order valence-corrected chi connectivity index (χ4v) is 3.25. The predicted molar refractivity (Wildman–Crippen MR) is 110 cm³/mol. The SMILES string of the molecule is CCOC(C)c1noc(CNC(=NC)N2CCC(=Cc3ccccc3)CC2)n1. The third-order valence-corrected chi connectivity index (χ3v) is 4.75. The molecule has 0 spiro atoms. The molecule has 2 heterocycles. The molecule has 0 aliphatic carbocycles. The minimum Gasteiger partial charge on any atom is -0.371 e. The molecule has 3 rings (SSSR count). The quantitative estimate of drug-likeness (QED) is 0.608. The molecule has 1 atom stereocenters. The van der Waals surface area contributed by atoms with E-state index in [-0.39, 0.29) is 6.10 Å². The lowest BCUT2D eigenvalue weighted by Gasteiger charge is -2.31. The molecule has 0 radical (unpaired) electrons. The van der Waals surface area contributed by atoms with Gasteiger partial charge in [-0.15, -0.1) is 0 Å². The summed E-state index contributed by atoms with van der Waals surface area (Å²) in [6, 6.07) is 10.5. The molecule has 1 unspecified atom stereocenters. The molecule has 1 aliphatic heterocycles. The molecule has 1 fully saturated rings. The van der Waals surface area contributed by atoms with Gasteiger partial charge < -0.3 is 19.5 Å². The van der Waals surface area contributed by atoms with E-state index in [1.807, 2.05) is 19.9 Å². The fraction of sp³-hybridized carbons (Fsp3) is 0.476. The first-order valence-electron chi connectivity index (χ1n) is 9.83. The third-order valence-electron chi connectivity index (χ3n) is 4.75. The van der Waals surface area contributed by atoms with Gasteiger partial charge in [0.2, 0.25) is 5.89 Å². The summed E-state index contributed by atoms with van der Waals surface area (Å²) in [4.78, 5) is 11.1. The van der Waals surface area contributed by atoms with Crippen LogP contribution in [0, 0.1) is 0 Å². The Kier molecular flexibility index (Phi) is 7.19. The smallest absolute Gasteiger partial charge is 0.246 e. The molecule has 7 nitrogen and oxygen atoms in total. The van der Waals surface area contributed by atoms with Gasteiger partial charge in [-0.3, -0.25) is 4.99 Å². The van der Waals surface area contributed by atoms with Crippen LogP contribution in [0.15, 0.2) is 45.4 Å². The summed E-state index contributed by atoms with van der Waals surface area (Å²) in [6.45, 7) is 6.80. The zero-order chi connectivity index (χ0) is 19.8. The number of nitrogens with zero attached hydrogens (tertiary/aromatic N) is 4. The molecule has 1 aliphatic rings. The number of nitrogens with one attached hydrogen (secondary N) is 1. The van der Waals surface area contributed by atoms with Gasteiger partial charge in [-0.2, -0.15) is 4.98 Å². The maximum absolute atomic E-state index is 5.49. The second-order valence-corrected chi connectivity index (χ2v) is 6.74. The maximum atomic E-state index is 5.49. The average Bonchev–Trinajstić information content (AvgIpc) is 3.20. The van der Waals surface area contributed by atoms with Gasteiger partial charge in [-0.25, -0.2) is 0 Å². The summed E-state index contributed by atoms with van der Waals surface area (Å²) in [5.74, 6) is 1.96. The molecule has 0 saturated carbocycles. The van der Waals surface area contributed by atoms with Crippen molar-refractivity contribution in [3.05, 3.63) is 53.2 Å². The first kappa shape index (κ1) is 20.1. The van der Waals surface area contributed by atoms with Gasteiger partial charge in [0.25, 0.3) is 0 Å². The Morgan fingerprint density at radius 3 is 2.75 bits per heavy atom. The minimum absolute atomic E-state index is 0.168. The van der Waals surface area contributed by atoms with Gasteiger partial charge in [0.15, 0.2) is 11.8 Å². The number of piperidine rings is 1. The van der Waals surface area contributed by atoms with Crippen molar-refractivity contribution in [3.63, 3.8) is 0 Å². The molecule has 1 aromatic carbocycles. The van der Waals surface area contributed by atoms with Crippen LogP contribution in [0.5, 0.6) is 0 Å². The Hall–Kier alpha value is -2.67. The largest absolute Gasteiger partial charge is 0.371 e. The first-order chi connectivity index (χ1) is 13.7. The summed E-state index contributed by atoms with van der Waals surface area (Å²) in [6.07, 6.45) is 4.20. The molecular formula is C21H29N5O2. The van der Waals surface area contributed by atoms with Crippen molar-refractivity contribution in [2.24, 2.45) is 4.99 Å². The van der Waals surface area contributed by atoms with Crippen LogP contribution in [0.4, 0.5) is 0 Å². The van der Waals surface area contributed by atoms with Gasteiger partial charge >= 0.3 is 0 Å². The average molecular weight is 383 g/mol. The van der Waals surface area contributed by atoms with Crippen LogP contribution in [0.1, 0.15) is 50.1 Å². The highest BCUT2D eigenvalue weighted by molar-refractivity contribution is 5.80. The summed E-state index contributed by atoms with van der Waals surface area (Å²) in [7, 11) is 1.80. The van der Waals surface area contributed by atoms with E-state index in [0.717, 1.165) is 31.9 Å². The summed E-state index contributed by atoms with van der Waals surface area (Å²) >= 11 is 0. The number of hydrogen-bond donors (Lipinski definition) is 1. The normalized spacial score (nSPS) is 16.2. The molecule has 1 N–H and O–H groups in total. The van der Waals surface area contributed by atoms with E-state index < -0.39 is 0 Å².